The van der Waals surface area contributed by atoms with Crippen LogP contribution in [0.3, 0.4) is 0 Å². The molecule has 1 heterocycles. The first kappa shape index (κ1) is 22.7. The summed E-state index contributed by atoms with van der Waals surface area (Å²) in [4.78, 5) is 14.4. The highest BCUT2D eigenvalue weighted by Gasteiger charge is 2.27. The molecule has 164 valence electrons. The second-order valence-electron chi connectivity index (χ2n) is 8.15. The van der Waals surface area contributed by atoms with Gasteiger partial charge in [-0.2, -0.15) is 5.26 Å². The third-order valence-electron chi connectivity index (χ3n) is 5.94. The van der Waals surface area contributed by atoms with E-state index in [-0.39, 0.29) is 18.4 Å². The Labute approximate surface area is 182 Å². The maximum Gasteiger partial charge on any atom is 0.319 e. The second kappa shape index (κ2) is 10.9. The van der Waals surface area contributed by atoms with E-state index in [1.807, 2.05) is 25.1 Å². The normalized spacial score (nSPS) is 16.8. The molecular weight excluding hydrogens is 395 g/mol. The van der Waals surface area contributed by atoms with Crippen LogP contribution in [-0.2, 0) is 6.42 Å². The lowest BCUT2D eigenvalue weighted by molar-refractivity contribution is 0.0398. The Morgan fingerprint density at radius 2 is 1.97 bits per heavy atom. The summed E-state index contributed by atoms with van der Waals surface area (Å²) in [6.07, 6.45) is 2.31. The molecule has 1 aliphatic heterocycles. The molecular formula is C24H29FN4O2. The molecule has 7 heteroatoms. The van der Waals surface area contributed by atoms with Crippen LogP contribution in [0.4, 0.5) is 14.9 Å². The molecule has 1 saturated heterocycles. The molecule has 0 bridgehead atoms. The van der Waals surface area contributed by atoms with Gasteiger partial charge < -0.3 is 15.7 Å². The Kier molecular flexibility index (Phi) is 7.99. The Morgan fingerprint density at radius 1 is 1.26 bits per heavy atom. The van der Waals surface area contributed by atoms with E-state index < -0.39 is 12.1 Å². The predicted molar refractivity (Wildman–Crippen MR) is 118 cm³/mol. The van der Waals surface area contributed by atoms with Crippen LogP contribution in [0.5, 0.6) is 0 Å². The zero-order chi connectivity index (χ0) is 22.2. The molecule has 1 fully saturated rings. The Hall–Kier alpha value is -2.95. The van der Waals surface area contributed by atoms with Gasteiger partial charge in [-0.15, -0.1) is 0 Å². The summed E-state index contributed by atoms with van der Waals surface area (Å²) in [5, 5.41) is 24.8. The summed E-state index contributed by atoms with van der Waals surface area (Å²) in [7, 11) is 0. The first-order valence-corrected chi connectivity index (χ1v) is 10.7. The van der Waals surface area contributed by atoms with E-state index in [0.717, 1.165) is 37.9 Å². The number of halogens is 1. The monoisotopic (exact) mass is 424 g/mol. The number of benzene rings is 2. The van der Waals surface area contributed by atoms with Gasteiger partial charge in [0.15, 0.2) is 0 Å². The molecule has 0 spiro atoms. The van der Waals surface area contributed by atoms with Gasteiger partial charge in [-0.3, -0.25) is 4.90 Å². The Morgan fingerprint density at radius 3 is 2.65 bits per heavy atom. The highest BCUT2D eigenvalue weighted by molar-refractivity contribution is 5.89. The number of rotatable bonds is 7. The standard InChI is InChI=1S/C24H29FN4O2/c1-17(23(30)16-27-24(31)28-22-4-2-3-20(14-22)15-26)29-11-9-19(10-12-29)13-18-5-7-21(25)8-6-18/h2-8,14,17,19,23,30H,9-13,16H2,1H3,(H2,27,28,31). The van der Waals surface area contributed by atoms with E-state index in [0.29, 0.717) is 17.2 Å². The third-order valence-corrected chi connectivity index (χ3v) is 5.94. The van der Waals surface area contributed by atoms with E-state index >= 15 is 0 Å². The fraction of sp³-hybridized carbons (Fsp3) is 0.417. The van der Waals surface area contributed by atoms with Crippen molar-refractivity contribution in [1.82, 2.24) is 10.2 Å². The molecule has 3 rings (SSSR count). The van der Waals surface area contributed by atoms with Crippen LogP contribution in [-0.4, -0.2) is 47.8 Å². The number of likely N-dealkylation sites (tertiary alicyclic amines) is 1. The zero-order valence-corrected chi connectivity index (χ0v) is 17.7. The van der Waals surface area contributed by atoms with Crippen molar-refractivity contribution in [2.45, 2.75) is 38.3 Å². The van der Waals surface area contributed by atoms with Gasteiger partial charge in [0.25, 0.3) is 0 Å². The number of carbonyl (C=O) groups excluding carboxylic acids is 1. The molecule has 0 saturated carbocycles. The van der Waals surface area contributed by atoms with Crippen molar-refractivity contribution in [2.75, 3.05) is 25.0 Å². The van der Waals surface area contributed by atoms with Crippen molar-refractivity contribution in [3.05, 3.63) is 65.5 Å². The topological polar surface area (TPSA) is 88.4 Å². The molecule has 31 heavy (non-hydrogen) atoms. The average molecular weight is 425 g/mol. The highest BCUT2D eigenvalue weighted by atomic mass is 19.1. The van der Waals surface area contributed by atoms with E-state index in [2.05, 4.69) is 15.5 Å². The zero-order valence-electron chi connectivity index (χ0n) is 17.7. The minimum atomic E-state index is -0.690. The molecule has 1 aliphatic rings. The van der Waals surface area contributed by atoms with Crippen molar-refractivity contribution >= 4 is 11.7 Å². The Balaban J connectivity index is 1.39. The first-order valence-electron chi connectivity index (χ1n) is 10.7. The van der Waals surface area contributed by atoms with Crippen LogP contribution >= 0.6 is 0 Å². The number of nitrogens with zero attached hydrogens (tertiary/aromatic N) is 2. The van der Waals surface area contributed by atoms with E-state index in [4.69, 9.17) is 5.26 Å². The lowest BCUT2D eigenvalue weighted by atomic mass is 9.89. The molecule has 3 N–H and O–H groups in total. The largest absolute Gasteiger partial charge is 0.390 e. The number of piperidine rings is 1. The number of nitriles is 1. The molecule has 0 aliphatic carbocycles. The van der Waals surface area contributed by atoms with Crippen LogP contribution in [0.1, 0.15) is 30.9 Å². The summed E-state index contributed by atoms with van der Waals surface area (Å²) in [5.74, 6) is 0.346. The number of nitrogens with one attached hydrogen (secondary N) is 2. The van der Waals surface area contributed by atoms with Crippen molar-refractivity contribution in [2.24, 2.45) is 5.92 Å². The average Bonchev–Trinajstić information content (AvgIpc) is 2.79. The summed E-state index contributed by atoms with van der Waals surface area (Å²) < 4.78 is 13.1. The van der Waals surface area contributed by atoms with Crippen LogP contribution in [0.2, 0.25) is 0 Å². The maximum atomic E-state index is 13.1. The summed E-state index contributed by atoms with van der Waals surface area (Å²) in [6.45, 7) is 3.88. The van der Waals surface area contributed by atoms with Gasteiger partial charge in [-0.1, -0.05) is 18.2 Å². The quantitative estimate of drug-likeness (QED) is 0.635. The van der Waals surface area contributed by atoms with Crippen molar-refractivity contribution in [1.29, 1.82) is 5.26 Å². The number of urea groups is 1. The molecule has 0 aromatic heterocycles. The van der Waals surface area contributed by atoms with Crippen molar-refractivity contribution < 1.29 is 14.3 Å². The number of aliphatic hydroxyl groups excluding tert-OH is 1. The van der Waals surface area contributed by atoms with Gasteiger partial charge >= 0.3 is 6.03 Å². The maximum absolute atomic E-state index is 13.1. The molecule has 2 atom stereocenters. The smallest absolute Gasteiger partial charge is 0.319 e. The second-order valence-corrected chi connectivity index (χ2v) is 8.15. The lowest BCUT2D eigenvalue weighted by Crippen LogP contribution is -2.50. The van der Waals surface area contributed by atoms with Gasteiger partial charge in [-0.05, 0) is 81.1 Å². The van der Waals surface area contributed by atoms with Gasteiger partial charge in [0, 0.05) is 18.3 Å². The number of hydrogen-bond acceptors (Lipinski definition) is 4. The number of carbonyl (C=O) groups is 1. The van der Waals surface area contributed by atoms with E-state index in [1.165, 1.54) is 12.1 Å². The molecule has 2 aromatic carbocycles. The van der Waals surface area contributed by atoms with Gasteiger partial charge in [0.2, 0.25) is 0 Å². The summed E-state index contributed by atoms with van der Waals surface area (Å²) in [5.41, 5.74) is 2.15. The van der Waals surface area contributed by atoms with Gasteiger partial charge in [-0.25, -0.2) is 9.18 Å². The lowest BCUT2D eigenvalue weighted by Gasteiger charge is -2.38. The number of amides is 2. The number of hydrogen-bond donors (Lipinski definition) is 3. The fourth-order valence-electron chi connectivity index (χ4n) is 3.97. The molecule has 0 radical (unpaired) electrons. The molecule has 2 aromatic rings. The molecule has 2 amide bonds. The van der Waals surface area contributed by atoms with Crippen LogP contribution in [0.25, 0.3) is 0 Å². The summed E-state index contributed by atoms with van der Waals surface area (Å²) in [6, 6.07) is 14.9. The number of anilines is 1. The number of aliphatic hydroxyl groups is 1. The molecule has 2 unspecified atom stereocenters. The van der Waals surface area contributed by atoms with Gasteiger partial charge in [0.05, 0.1) is 17.7 Å². The van der Waals surface area contributed by atoms with Crippen LogP contribution in [0.15, 0.2) is 48.5 Å². The SMILES string of the molecule is CC(C(O)CNC(=O)Nc1cccc(C#N)c1)N1CCC(Cc2ccc(F)cc2)CC1. The highest BCUT2D eigenvalue weighted by Crippen LogP contribution is 2.23. The molecule has 6 nitrogen and oxygen atoms in total. The van der Waals surface area contributed by atoms with E-state index in [1.54, 1.807) is 24.3 Å². The first-order chi connectivity index (χ1) is 14.9. The van der Waals surface area contributed by atoms with Crippen LogP contribution < -0.4 is 10.6 Å². The minimum Gasteiger partial charge on any atom is -0.390 e. The van der Waals surface area contributed by atoms with Crippen LogP contribution in [0, 0.1) is 23.1 Å². The fourth-order valence-corrected chi connectivity index (χ4v) is 3.97. The van der Waals surface area contributed by atoms with Crippen molar-refractivity contribution in [3.8, 4) is 6.07 Å². The predicted octanol–water partition coefficient (Wildman–Crippen LogP) is 3.52. The van der Waals surface area contributed by atoms with Gasteiger partial charge in [0.1, 0.15) is 5.82 Å². The summed E-state index contributed by atoms with van der Waals surface area (Å²) >= 11 is 0. The Bertz CT molecular complexity index is 905. The third kappa shape index (κ3) is 6.78. The van der Waals surface area contributed by atoms with E-state index in [9.17, 15) is 14.3 Å². The van der Waals surface area contributed by atoms with Crippen molar-refractivity contribution in [3.63, 3.8) is 0 Å². The minimum absolute atomic E-state index is 0.0750.